The van der Waals surface area contributed by atoms with Gasteiger partial charge in [-0.15, -0.1) is 0 Å². The summed E-state index contributed by atoms with van der Waals surface area (Å²) in [5.41, 5.74) is 6.63. The van der Waals surface area contributed by atoms with E-state index < -0.39 is 5.41 Å². The van der Waals surface area contributed by atoms with E-state index in [1.165, 1.54) is 12.1 Å². The monoisotopic (exact) mass is 251 g/mol. The standard InChI is InChI=1S/C13H18FN3O/c1-13(12(18)16-2)5-6-17(8-13)11-7-9(14)3-4-10(11)15/h3-4,7H,5-6,8,15H2,1-2H3,(H,16,18). The number of carbonyl (C=O) groups excluding carboxylic acids is 1. The van der Waals surface area contributed by atoms with Crippen molar-refractivity contribution in [1.29, 1.82) is 0 Å². The highest BCUT2D eigenvalue weighted by Crippen LogP contribution is 2.35. The second-order valence-corrected chi connectivity index (χ2v) is 5.01. The SMILES string of the molecule is CNC(=O)C1(C)CCN(c2cc(F)ccc2N)C1. The summed E-state index contributed by atoms with van der Waals surface area (Å²) in [5.74, 6) is -0.298. The van der Waals surface area contributed by atoms with Crippen molar-refractivity contribution in [3.8, 4) is 0 Å². The Morgan fingerprint density at radius 2 is 2.28 bits per heavy atom. The van der Waals surface area contributed by atoms with Crippen LogP contribution in [0.5, 0.6) is 0 Å². The molecular weight excluding hydrogens is 233 g/mol. The molecule has 98 valence electrons. The molecule has 1 unspecified atom stereocenters. The number of nitrogens with two attached hydrogens (primary N) is 1. The summed E-state index contributed by atoms with van der Waals surface area (Å²) < 4.78 is 13.3. The molecule has 1 heterocycles. The molecule has 0 aliphatic carbocycles. The van der Waals surface area contributed by atoms with E-state index in [2.05, 4.69) is 5.32 Å². The van der Waals surface area contributed by atoms with Gasteiger partial charge in [-0.2, -0.15) is 0 Å². The van der Waals surface area contributed by atoms with Gasteiger partial charge in [0.2, 0.25) is 5.91 Å². The Balaban J connectivity index is 2.23. The molecule has 1 aromatic carbocycles. The van der Waals surface area contributed by atoms with Gasteiger partial charge >= 0.3 is 0 Å². The van der Waals surface area contributed by atoms with Crippen molar-refractivity contribution in [2.24, 2.45) is 5.41 Å². The first-order valence-corrected chi connectivity index (χ1v) is 5.98. The lowest BCUT2D eigenvalue weighted by atomic mass is 9.89. The fraction of sp³-hybridized carbons (Fsp3) is 0.462. The Kier molecular flexibility index (Phi) is 3.15. The van der Waals surface area contributed by atoms with Crippen molar-refractivity contribution in [3.05, 3.63) is 24.0 Å². The van der Waals surface area contributed by atoms with E-state index in [-0.39, 0.29) is 11.7 Å². The molecule has 4 nitrogen and oxygen atoms in total. The van der Waals surface area contributed by atoms with Gasteiger partial charge in [0.15, 0.2) is 0 Å². The third-order valence-electron chi connectivity index (χ3n) is 3.58. The lowest BCUT2D eigenvalue weighted by Gasteiger charge is -2.24. The van der Waals surface area contributed by atoms with E-state index in [0.717, 1.165) is 6.42 Å². The first-order chi connectivity index (χ1) is 8.46. The number of carbonyl (C=O) groups is 1. The van der Waals surface area contributed by atoms with Crippen LogP contribution in [-0.4, -0.2) is 26.0 Å². The van der Waals surface area contributed by atoms with Crippen LogP contribution in [-0.2, 0) is 4.79 Å². The number of nitrogens with one attached hydrogen (secondary N) is 1. The zero-order valence-corrected chi connectivity index (χ0v) is 10.7. The number of rotatable bonds is 2. The Morgan fingerprint density at radius 3 is 2.94 bits per heavy atom. The fourth-order valence-electron chi connectivity index (χ4n) is 2.44. The van der Waals surface area contributed by atoms with Crippen LogP contribution in [0.4, 0.5) is 15.8 Å². The average Bonchev–Trinajstić information content (AvgIpc) is 2.75. The quantitative estimate of drug-likeness (QED) is 0.780. The molecule has 1 aromatic rings. The Bertz CT molecular complexity index is 477. The largest absolute Gasteiger partial charge is 0.397 e. The van der Waals surface area contributed by atoms with Crippen LogP contribution >= 0.6 is 0 Å². The smallest absolute Gasteiger partial charge is 0.227 e. The Hall–Kier alpha value is -1.78. The molecule has 1 fully saturated rings. The van der Waals surface area contributed by atoms with E-state index >= 15 is 0 Å². The topological polar surface area (TPSA) is 58.4 Å². The van der Waals surface area contributed by atoms with Crippen LogP contribution in [0.1, 0.15) is 13.3 Å². The van der Waals surface area contributed by atoms with Crippen LogP contribution in [0.15, 0.2) is 18.2 Å². The predicted octanol–water partition coefficient (Wildman–Crippen LogP) is 1.37. The molecule has 0 spiro atoms. The van der Waals surface area contributed by atoms with Gasteiger partial charge in [0.1, 0.15) is 5.82 Å². The van der Waals surface area contributed by atoms with Crippen LogP contribution in [0, 0.1) is 11.2 Å². The predicted molar refractivity (Wildman–Crippen MR) is 69.8 cm³/mol. The number of anilines is 2. The van der Waals surface area contributed by atoms with Gasteiger partial charge in [-0.3, -0.25) is 4.79 Å². The molecule has 1 aliphatic rings. The molecule has 0 bridgehead atoms. The van der Waals surface area contributed by atoms with Crippen molar-refractivity contribution >= 4 is 17.3 Å². The van der Waals surface area contributed by atoms with E-state index in [1.807, 2.05) is 11.8 Å². The average molecular weight is 251 g/mol. The Labute approximate surface area is 106 Å². The van der Waals surface area contributed by atoms with Gasteiger partial charge in [-0.05, 0) is 31.5 Å². The summed E-state index contributed by atoms with van der Waals surface area (Å²) in [6.45, 7) is 3.18. The minimum atomic E-state index is -0.437. The summed E-state index contributed by atoms with van der Waals surface area (Å²) in [6.07, 6.45) is 0.739. The molecule has 0 saturated carbocycles. The third-order valence-corrected chi connectivity index (χ3v) is 3.58. The van der Waals surface area contributed by atoms with Gasteiger partial charge in [-0.1, -0.05) is 0 Å². The van der Waals surface area contributed by atoms with Crippen molar-refractivity contribution in [1.82, 2.24) is 5.32 Å². The van der Waals surface area contributed by atoms with Crippen LogP contribution in [0.2, 0.25) is 0 Å². The molecule has 1 aliphatic heterocycles. The molecule has 5 heteroatoms. The molecule has 3 N–H and O–H groups in total. The van der Waals surface area contributed by atoms with Crippen molar-refractivity contribution in [3.63, 3.8) is 0 Å². The van der Waals surface area contributed by atoms with E-state index in [0.29, 0.717) is 24.5 Å². The van der Waals surface area contributed by atoms with Gasteiger partial charge in [-0.25, -0.2) is 4.39 Å². The number of benzene rings is 1. The van der Waals surface area contributed by atoms with Crippen LogP contribution in [0.25, 0.3) is 0 Å². The molecule has 1 atom stereocenters. The summed E-state index contributed by atoms with van der Waals surface area (Å²) >= 11 is 0. The van der Waals surface area contributed by atoms with E-state index in [1.54, 1.807) is 13.1 Å². The fourth-order valence-corrected chi connectivity index (χ4v) is 2.44. The summed E-state index contributed by atoms with van der Waals surface area (Å²) in [5, 5.41) is 2.67. The maximum Gasteiger partial charge on any atom is 0.227 e. The summed E-state index contributed by atoms with van der Waals surface area (Å²) in [7, 11) is 1.63. The molecule has 2 rings (SSSR count). The molecule has 1 saturated heterocycles. The number of amides is 1. The summed E-state index contributed by atoms with van der Waals surface area (Å²) in [4.78, 5) is 13.8. The first-order valence-electron chi connectivity index (χ1n) is 5.98. The highest BCUT2D eigenvalue weighted by atomic mass is 19.1. The molecule has 0 radical (unpaired) electrons. The third kappa shape index (κ3) is 2.12. The highest BCUT2D eigenvalue weighted by molar-refractivity contribution is 5.84. The molecule has 1 amide bonds. The van der Waals surface area contributed by atoms with E-state index in [4.69, 9.17) is 5.73 Å². The zero-order chi connectivity index (χ0) is 13.3. The van der Waals surface area contributed by atoms with Crippen LogP contribution in [0.3, 0.4) is 0 Å². The maximum absolute atomic E-state index is 13.3. The number of nitrogen functional groups attached to an aromatic ring is 1. The first kappa shape index (κ1) is 12.7. The Morgan fingerprint density at radius 1 is 1.56 bits per heavy atom. The molecule has 18 heavy (non-hydrogen) atoms. The van der Waals surface area contributed by atoms with Crippen molar-refractivity contribution < 1.29 is 9.18 Å². The number of halogens is 1. The number of hydrogen-bond donors (Lipinski definition) is 2. The minimum absolute atomic E-state index is 0.0139. The minimum Gasteiger partial charge on any atom is -0.397 e. The van der Waals surface area contributed by atoms with Gasteiger partial charge in [0, 0.05) is 20.1 Å². The van der Waals surface area contributed by atoms with Crippen LogP contribution < -0.4 is 16.0 Å². The molecule has 0 aromatic heterocycles. The molecular formula is C13H18FN3O. The number of hydrogen-bond acceptors (Lipinski definition) is 3. The van der Waals surface area contributed by atoms with Gasteiger partial charge in [0.05, 0.1) is 16.8 Å². The lowest BCUT2D eigenvalue weighted by molar-refractivity contribution is -0.128. The van der Waals surface area contributed by atoms with Crippen molar-refractivity contribution in [2.75, 3.05) is 30.8 Å². The second-order valence-electron chi connectivity index (χ2n) is 5.01. The van der Waals surface area contributed by atoms with Crippen molar-refractivity contribution in [2.45, 2.75) is 13.3 Å². The highest BCUT2D eigenvalue weighted by Gasteiger charge is 2.40. The normalized spacial score (nSPS) is 23.2. The maximum atomic E-state index is 13.3. The van der Waals surface area contributed by atoms with Gasteiger partial charge < -0.3 is 16.0 Å². The van der Waals surface area contributed by atoms with Gasteiger partial charge in [0.25, 0.3) is 0 Å². The zero-order valence-electron chi connectivity index (χ0n) is 10.7. The lowest BCUT2D eigenvalue weighted by Crippen LogP contribution is -2.39. The second kappa shape index (κ2) is 4.48. The number of nitrogens with zero attached hydrogens (tertiary/aromatic N) is 1. The van der Waals surface area contributed by atoms with E-state index in [9.17, 15) is 9.18 Å². The summed E-state index contributed by atoms with van der Waals surface area (Å²) in [6, 6.07) is 4.32.